The molecule has 6 bridgehead atoms. The molecule has 3 heterocycles. The Kier molecular flexibility index (Phi) is 8.56. The van der Waals surface area contributed by atoms with Crippen LogP contribution in [0.5, 0.6) is 11.6 Å². The molecule has 10 nitrogen and oxygen atoms in total. The van der Waals surface area contributed by atoms with E-state index in [2.05, 4.69) is 33.5 Å². The van der Waals surface area contributed by atoms with E-state index >= 15 is 4.39 Å². The zero-order valence-corrected chi connectivity index (χ0v) is 29.9. The van der Waals surface area contributed by atoms with Gasteiger partial charge in [0.15, 0.2) is 0 Å². The Morgan fingerprint density at radius 1 is 1.04 bits per heavy atom. The maximum atomic E-state index is 15.8. The molecule has 8 rings (SSSR count). The number of aromatic nitrogens is 3. The Labute approximate surface area is 292 Å². The lowest BCUT2D eigenvalue weighted by molar-refractivity contribution is -0.172. The second-order valence-electron chi connectivity index (χ2n) is 14.5. The molecule has 3 fully saturated rings. The molecule has 4 aliphatic rings. The molecule has 2 aromatic heterocycles. The number of pyridine rings is 1. The molecule has 1 unspecified atom stereocenters. The zero-order valence-electron chi connectivity index (χ0n) is 29.1. The van der Waals surface area contributed by atoms with E-state index in [0.717, 1.165) is 16.7 Å². The molecule has 2 aromatic carbocycles. The highest BCUT2D eigenvalue weighted by molar-refractivity contribution is 7.92. The lowest BCUT2D eigenvalue weighted by atomic mass is 9.40. The highest BCUT2D eigenvalue weighted by atomic mass is 32.2. The van der Waals surface area contributed by atoms with Gasteiger partial charge in [-0.05, 0) is 88.1 Å². The number of ether oxygens (including phenoxy) is 2. The smallest absolute Gasteiger partial charge is 0.264 e. The number of nitrogens with one attached hydrogen (secondary N) is 1. The quantitative estimate of drug-likeness (QED) is 0.217. The monoisotopic (exact) mass is 699 g/mol. The lowest BCUT2D eigenvalue weighted by Crippen LogP contribution is -2.77. The number of nitrogens with zero attached hydrogens (tertiary/aromatic N) is 4. The molecule has 1 aliphatic heterocycles. The minimum Gasteiger partial charge on any atom is -0.489 e. The van der Waals surface area contributed by atoms with E-state index in [9.17, 15) is 13.2 Å². The average Bonchev–Trinajstić information content (AvgIpc) is 3.01. The highest BCUT2D eigenvalue weighted by Gasteiger charge is 2.71. The Morgan fingerprint density at radius 2 is 1.76 bits per heavy atom. The fourth-order valence-corrected chi connectivity index (χ4v) is 8.98. The number of rotatable bonds is 7. The van der Waals surface area contributed by atoms with Crippen LogP contribution in [-0.2, 0) is 10.0 Å². The number of carbonyl (C=O) groups is 1. The van der Waals surface area contributed by atoms with Crippen molar-refractivity contribution in [2.24, 2.45) is 11.8 Å². The molecule has 2 atom stereocenters. The van der Waals surface area contributed by atoms with Gasteiger partial charge in [0.05, 0.1) is 40.2 Å². The number of amides is 1. The minimum atomic E-state index is -4.21. The van der Waals surface area contributed by atoms with Gasteiger partial charge in [0.1, 0.15) is 18.2 Å². The van der Waals surface area contributed by atoms with Crippen molar-refractivity contribution < 1.29 is 27.1 Å². The number of aryl methyl sites for hydroxylation is 2. The van der Waals surface area contributed by atoms with E-state index in [0.29, 0.717) is 36.4 Å². The first-order valence-corrected chi connectivity index (χ1v) is 18.6. The second-order valence-corrected chi connectivity index (χ2v) is 16.2. The summed E-state index contributed by atoms with van der Waals surface area (Å²) in [6, 6.07) is 14.5. The number of anilines is 1. The summed E-state index contributed by atoms with van der Waals surface area (Å²) in [6.45, 7) is 11.9. The van der Waals surface area contributed by atoms with E-state index in [4.69, 9.17) is 9.47 Å². The topological polar surface area (TPSA) is 124 Å². The summed E-state index contributed by atoms with van der Waals surface area (Å²) in [5.74, 6) is -0.432. The van der Waals surface area contributed by atoms with Gasteiger partial charge in [-0.1, -0.05) is 38.1 Å². The van der Waals surface area contributed by atoms with Gasteiger partial charge < -0.3 is 14.4 Å². The van der Waals surface area contributed by atoms with Crippen LogP contribution in [0.15, 0.2) is 65.7 Å². The van der Waals surface area contributed by atoms with E-state index < -0.39 is 27.4 Å². The van der Waals surface area contributed by atoms with Gasteiger partial charge in [0.2, 0.25) is 11.8 Å². The van der Waals surface area contributed by atoms with Crippen molar-refractivity contribution in [3.63, 3.8) is 0 Å². The summed E-state index contributed by atoms with van der Waals surface area (Å²) in [4.78, 5) is 30.2. The summed E-state index contributed by atoms with van der Waals surface area (Å²) in [7, 11) is -4.21. The molecule has 3 saturated carbocycles. The fourth-order valence-electron chi connectivity index (χ4n) is 7.99. The van der Waals surface area contributed by atoms with Gasteiger partial charge in [-0.3, -0.25) is 9.78 Å². The zero-order chi connectivity index (χ0) is 35.5. The Morgan fingerprint density at radius 3 is 2.40 bits per heavy atom. The molecule has 4 aromatic rings. The first-order chi connectivity index (χ1) is 23.8. The number of sulfonamides is 1. The molecule has 50 heavy (non-hydrogen) atoms. The van der Waals surface area contributed by atoms with Crippen molar-refractivity contribution in [1.82, 2.24) is 19.9 Å². The SMILES string of the molecule is Cc1cccc(C)c1-c1cc2nc(n1)NS(=O)(=O)c1cccc(c1)C(=O)N(C13CC(C1)C3c1ncc(OC(C)C)cc1F)[C@H](CC(C)C)CO2. The van der Waals surface area contributed by atoms with Gasteiger partial charge in [-0.2, -0.15) is 4.98 Å². The Hall–Kier alpha value is -4.58. The van der Waals surface area contributed by atoms with E-state index in [1.165, 1.54) is 18.2 Å². The van der Waals surface area contributed by atoms with E-state index in [1.807, 2.05) is 50.8 Å². The van der Waals surface area contributed by atoms with E-state index in [-0.39, 0.29) is 58.7 Å². The Balaban J connectivity index is 1.35. The second kappa shape index (κ2) is 12.6. The maximum Gasteiger partial charge on any atom is 0.264 e. The van der Waals surface area contributed by atoms with Crippen molar-refractivity contribution in [3.8, 4) is 22.9 Å². The summed E-state index contributed by atoms with van der Waals surface area (Å²) < 4.78 is 58.0. The van der Waals surface area contributed by atoms with Gasteiger partial charge in [0.25, 0.3) is 15.9 Å². The standard InChI is InChI=1S/C38H42FN5O5S/c1-21(2)13-27-20-48-32-16-31(33-23(5)9-7-10-24(33)6)41-37(42-32)43-50(46,47)29-12-8-11-25(14-29)36(45)44(27)38-17-26(18-38)34(38)35-30(39)15-28(19-40-35)49-22(3)4/h7-12,14-16,19,21-22,26-27,34H,13,17-18,20H2,1-6H3,(H,41,42,43)/t26?,27-,34?,38?/m1/s1. The number of hydrogen-bond donors (Lipinski definition) is 1. The normalized spacial score (nSPS) is 23.8. The summed E-state index contributed by atoms with van der Waals surface area (Å²) >= 11 is 0. The first-order valence-electron chi connectivity index (χ1n) is 17.1. The van der Waals surface area contributed by atoms with Crippen LogP contribution in [0.3, 0.4) is 0 Å². The van der Waals surface area contributed by atoms with Crippen LogP contribution >= 0.6 is 0 Å². The minimum absolute atomic E-state index is 0.0786. The van der Waals surface area contributed by atoms with Gasteiger partial charge in [-0.25, -0.2) is 22.5 Å². The Bertz CT molecular complexity index is 2060. The predicted molar refractivity (Wildman–Crippen MR) is 187 cm³/mol. The summed E-state index contributed by atoms with van der Waals surface area (Å²) in [5.41, 5.74) is 3.06. The number of carbonyl (C=O) groups excluding carboxylic acids is 1. The molecular formula is C38H42FN5O5S. The summed E-state index contributed by atoms with van der Waals surface area (Å²) in [6.07, 6.45) is 3.35. The molecule has 1 N–H and O–H groups in total. The molecular weight excluding hydrogens is 658 g/mol. The third kappa shape index (κ3) is 5.97. The third-order valence-corrected chi connectivity index (χ3v) is 11.4. The van der Waals surface area contributed by atoms with Crippen LogP contribution in [0.2, 0.25) is 0 Å². The van der Waals surface area contributed by atoms with Crippen LogP contribution < -0.4 is 14.2 Å². The highest BCUT2D eigenvalue weighted by Crippen LogP contribution is 2.70. The number of fused-ring (bicyclic) bond motifs is 4. The molecule has 0 spiro atoms. The van der Waals surface area contributed by atoms with Crippen molar-refractivity contribution in [1.29, 1.82) is 0 Å². The van der Waals surface area contributed by atoms with Crippen molar-refractivity contribution in [2.45, 2.75) is 89.3 Å². The van der Waals surface area contributed by atoms with Crippen LogP contribution in [0.4, 0.5) is 10.3 Å². The number of hydrogen-bond acceptors (Lipinski definition) is 8. The van der Waals surface area contributed by atoms with Crippen LogP contribution in [0, 0.1) is 31.5 Å². The lowest BCUT2D eigenvalue weighted by Gasteiger charge is -2.72. The third-order valence-electron chi connectivity index (χ3n) is 10.1. The number of halogens is 1. The largest absolute Gasteiger partial charge is 0.489 e. The maximum absolute atomic E-state index is 15.8. The van der Waals surface area contributed by atoms with Gasteiger partial charge in [0, 0.05) is 29.2 Å². The van der Waals surface area contributed by atoms with Crippen LogP contribution in [-0.4, -0.2) is 58.5 Å². The molecule has 0 radical (unpaired) electrons. The average molecular weight is 700 g/mol. The summed E-state index contributed by atoms with van der Waals surface area (Å²) in [5, 5.41) is 0. The molecule has 0 saturated heterocycles. The van der Waals surface area contributed by atoms with Crippen molar-refractivity contribution in [3.05, 3.63) is 89.0 Å². The van der Waals surface area contributed by atoms with Crippen LogP contribution in [0.25, 0.3) is 11.3 Å². The number of benzene rings is 2. The fraction of sp³-hybridized carbons (Fsp3) is 0.421. The van der Waals surface area contributed by atoms with Gasteiger partial charge in [-0.15, -0.1) is 0 Å². The predicted octanol–water partition coefficient (Wildman–Crippen LogP) is 7.08. The van der Waals surface area contributed by atoms with Gasteiger partial charge >= 0.3 is 0 Å². The van der Waals surface area contributed by atoms with Crippen molar-refractivity contribution in [2.75, 3.05) is 11.3 Å². The molecule has 12 heteroatoms. The molecule has 262 valence electrons. The van der Waals surface area contributed by atoms with Crippen LogP contribution in [0.1, 0.15) is 80.1 Å². The first kappa shape index (κ1) is 33.9. The van der Waals surface area contributed by atoms with E-state index in [1.54, 1.807) is 24.4 Å². The molecule has 1 amide bonds. The molecule has 3 aliphatic carbocycles. The van der Waals surface area contributed by atoms with Crippen molar-refractivity contribution >= 4 is 21.9 Å².